The molecule has 0 aromatic rings. The summed E-state index contributed by atoms with van der Waals surface area (Å²) in [6.07, 6.45) is 9.80. The van der Waals surface area contributed by atoms with Crippen molar-refractivity contribution in [1.82, 2.24) is 64.1 Å². The van der Waals surface area contributed by atoms with Crippen molar-refractivity contribution in [2.24, 2.45) is 11.3 Å². The van der Waals surface area contributed by atoms with Gasteiger partial charge in [0.05, 0.1) is 39.1 Å². The summed E-state index contributed by atoms with van der Waals surface area (Å²) in [7, 11) is 3.98. The number of piperidine rings is 1. The fourth-order valence-corrected chi connectivity index (χ4v) is 14.6. The van der Waals surface area contributed by atoms with Gasteiger partial charge in [0.15, 0.2) is 0 Å². The Morgan fingerprint density at radius 2 is 0.664 bits per heavy atom. The number of likely N-dealkylation sites (tertiary alicyclic amines) is 9. The van der Waals surface area contributed by atoms with E-state index in [0.29, 0.717) is 82.3 Å². The van der Waals surface area contributed by atoms with E-state index in [2.05, 4.69) is 274 Å². The van der Waals surface area contributed by atoms with E-state index in [-0.39, 0.29) is 41.9 Å². The monoisotopic (exact) mass is 1580 g/mol. The highest BCUT2D eigenvalue weighted by Gasteiger charge is 2.51. The van der Waals surface area contributed by atoms with Gasteiger partial charge in [-0.1, -0.05) is 6.42 Å². The van der Waals surface area contributed by atoms with Crippen molar-refractivity contribution in [2.45, 2.75) is 372 Å². The third-order valence-electron chi connectivity index (χ3n) is 24.1. The van der Waals surface area contributed by atoms with E-state index < -0.39 is 17.8 Å². The van der Waals surface area contributed by atoms with Crippen LogP contribution in [0.15, 0.2) is 0 Å². The summed E-state index contributed by atoms with van der Waals surface area (Å²) in [6.45, 7) is 103. The SMILES string of the molecule is CC(C)(C)N1CC(CCF)C1.CC(C)(C)N1CC(F)(F)C1.CC(C)(C)N1CC(F)C1.CC(C)(C)N1CC2(CNC2)C1.CC(C)(C)N1CCC1.CC(C)(C)N1CCCC1.CC(C)(C)N1CCCCC1.CC(C)(C)N1CCOCC1.CC1(F)CCN(C(C)(C)C)C1.CN1CCN(C(C)(C)C)CC1.COC1CN(C(C)(C)C)C1. The molecule has 12 saturated heterocycles. The maximum Gasteiger partial charge on any atom is 0.272 e. The topological polar surface area (TPSA) is 69.4 Å². The number of alkyl halides is 5. The molecule has 0 bridgehead atoms. The molecule has 1 spiro atoms. The average molecular weight is 1580 g/mol. The van der Waals surface area contributed by atoms with Crippen LogP contribution in [0.25, 0.3) is 0 Å². The van der Waals surface area contributed by atoms with E-state index in [0.717, 1.165) is 65.4 Å². The van der Waals surface area contributed by atoms with Gasteiger partial charge in [0.25, 0.3) is 5.92 Å². The molecule has 0 aromatic carbocycles. The van der Waals surface area contributed by atoms with Crippen molar-refractivity contribution in [1.29, 1.82) is 0 Å². The Bertz CT molecular complexity index is 2390. The minimum atomic E-state index is -2.42. The van der Waals surface area contributed by atoms with Gasteiger partial charge < -0.3 is 19.7 Å². The first-order chi connectivity index (χ1) is 49.6. The minimum Gasteiger partial charge on any atom is -0.379 e. The van der Waals surface area contributed by atoms with Crippen LogP contribution in [0.2, 0.25) is 0 Å². The van der Waals surface area contributed by atoms with Gasteiger partial charge in [-0.3, -0.25) is 58.3 Å². The molecule has 0 saturated carbocycles. The highest BCUT2D eigenvalue weighted by molar-refractivity contribution is 5.07. The summed E-state index contributed by atoms with van der Waals surface area (Å²) >= 11 is 0. The molecule has 110 heavy (non-hydrogen) atoms. The van der Waals surface area contributed by atoms with Crippen molar-refractivity contribution < 1.29 is 31.4 Å². The summed E-state index contributed by atoms with van der Waals surface area (Å²) in [5.74, 6) is -1.80. The van der Waals surface area contributed by atoms with Gasteiger partial charge in [-0.25, -0.2) is 17.6 Å². The zero-order valence-corrected chi connectivity index (χ0v) is 79.5. The predicted molar refractivity (Wildman–Crippen MR) is 465 cm³/mol. The molecule has 12 rings (SSSR count). The van der Waals surface area contributed by atoms with Gasteiger partial charge in [0.2, 0.25) is 0 Å². The Labute approximate surface area is 679 Å². The van der Waals surface area contributed by atoms with E-state index >= 15 is 0 Å². The molecule has 1 N–H and O–H groups in total. The fraction of sp³-hybridized carbons (Fsp3) is 1.00. The lowest BCUT2D eigenvalue weighted by Gasteiger charge is -2.60. The lowest BCUT2D eigenvalue weighted by molar-refractivity contribution is -0.160. The van der Waals surface area contributed by atoms with Crippen LogP contribution >= 0.6 is 0 Å². The number of morpholine rings is 1. The van der Waals surface area contributed by atoms with Crippen molar-refractivity contribution in [2.75, 3.05) is 204 Å². The number of nitrogens with zero attached hydrogens (tertiary/aromatic N) is 12. The summed E-state index contributed by atoms with van der Waals surface area (Å²) in [5.41, 5.74) is 2.87. The lowest BCUT2D eigenvalue weighted by Crippen LogP contribution is -2.73. The van der Waals surface area contributed by atoms with Crippen LogP contribution in [-0.2, 0) is 9.47 Å². The Morgan fingerprint density at radius 1 is 0.355 bits per heavy atom. The van der Waals surface area contributed by atoms with Gasteiger partial charge in [0, 0.05) is 191 Å². The van der Waals surface area contributed by atoms with Gasteiger partial charge in [-0.15, -0.1) is 0 Å². The number of halogens is 5. The number of methoxy groups -OCH3 is 1. The third kappa shape index (κ3) is 40.7. The van der Waals surface area contributed by atoms with E-state index in [1.807, 2.05) is 20.8 Å². The van der Waals surface area contributed by atoms with Crippen LogP contribution in [0.4, 0.5) is 22.0 Å². The standard InChI is InChI=1S/2C9H18FN.C9H18N2.C9H20N2.C9H19N.2C8H17NO.C8H17N.C7H13F2N.C7H14FN.C7H15N/c1-8(2,3)11-6-5-9(4,10)7-11;1-9(2,3)11-6-8(7-11)4-5-10;1-8(2,3)11-6-9(7-11)4-10-5-9;1-9(2,3)11-7-5-10(4)6-8-11;1-9(2,3)10-7-5-4-6-8-10;1-8(2,3)9-5-7(6-9)10-4;1-8(2,3)9-4-6-10-7-5-9;1-8(2,3)9-6-4-5-7-9;1-6(2,3)10-4-7(8,9)5-10;1-7(2,3)9-4-6(8)5-9;1-7(2,3)8-5-4-6-8/h5-7H2,1-4H3;8H,4-7H2,1-3H3;10H,4-7H2,1-3H3;5-8H2,1-4H3;4-8H2,1-3H3;7H,5-6H2,1-4H3;4-7H2,1-3H3;4-7H2,1-3H3;4-5H2,1-3H3;6H,4-5H2,1-3H3;4-6H2,1-3H3. The van der Waals surface area contributed by atoms with Crippen molar-refractivity contribution in [3.63, 3.8) is 0 Å². The molecule has 12 aliphatic heterocycles. The minimum absolute atomic E-state index is 0.0729. The summed E-state index contributed by atoms with van der Waals surface area (Å²) in [4.78, 5) is 28.5. The van der Waals surface area contributed by atoms with Crippen molar-refractivity contribution >= 4 is 0 Å². The lowest BCUT2D eigenvalue weighted by atomic mass is 9.72. The highest BCUT2D eigenvalue weighted by Crippen LogP contribution is 2.39. The first kappa shape index (κ1) is 105. The van der Waals surface area contributed by atoms with Crippen LogP contribution in [-0.4, -0.2) is 348 Å². The van der Waals surface area contributed by atoms with Crippen LogP contribution in [0.1, 0.15) is 287 Å². The number of hydrogen-bond donors (Lipinski definition) is 1. The Hall–Kier alpha value is -0.950. The Morgan fingerprint density at radius 3 is 0.891 bits per heavy atom. The molecule has 12 heterocycles. The quantitative estimate of drug-likeness (QED) is 0.273. The molecule has 1 atom stereocenters. The average Bonchev–Trinajstić information content (AvgIpc) is 0.882. The van der Waals surface area contributed by atoms with Gasteiger partial charge in [-0.05, 0) is 333 Å². The summed E-state index contributed by atoms with van der Waals surface area (Å²) < 4.78 is 72.5. The number of rotatable bonds is 3. The second-order valence-electron chi connectivity index (χ2n) is 45.6. The second kappa shape index (κ2) is 43.8. The highest BCUT2D eigenvalue weighted by atomic mass is 19.3. The predicted octanol–water partition coefficient (Wildman–Crippen LogP) is 17.1. The van der Waals surface area contributed by atoms with Gasteiger partial charge >= 0.3 is 0 Å². The van der Waals surface area contributed by atoms with Crippen molar-refractivity contribution in [3.05, 3.63) is 0 Å². The molecule has 0 aromatic heterocycles. The Kier molecular flexibility index (Phi) is 41.9. The number of likely N-dealkylation sites (N-methyl/N-ethyl adjacent to an activating group) is 1. The molecular formula is C90H186F5N13O2. The molecule has 1 unspecified atom stereocenters. The number of hydrogen-bond acceptors (Lipinski definition) is 15. The molecule has 658 valence electrons. The molecule has 20 heteroatoms. The zero-order valence-electron chi connectivity index (χ0n) is 79.5. The molecule has 15 nitrogen and oxygen atoms in total. The smallest absolute Gasteiger partial charge is 0.272 e. The first-order valence-corrected chi connectivity index (χ1v) is 43.7. The normalized spacial score (nSPS) is 25.2. The summed E-state index contributed by atoms with van der Waals surface area (Å²) in [6, 6.07) is 0. The molecule has 0 radical (unpaired) electrons. The molecule has 0 amide bonds. The van der Waals surface area contributed by atoms with E-state index in [4.69, 9.17) is 9.47 Å². The molecular weight excluding hydrogens is 1390 g/mol. The largest absolute Gasteiger partial charge is 0.379 e. The van der Waals surface area contributed by atoms with Crippen LogP contribution in [0.3, 0.4) is 0 Å². The first-order valence-electron chi connectivity index (χ1n) is 43.7. The summed E-state index contributed by atoms with van der Waals surface area (Å²) in [5, 5.41) is 3.35. The van der Waals surface area contributed by atoms with Gasteiger partial charge in [0.1, 0.15) is 11.8 Å². The van der Waals surface area contributed by atoms with E-state index in [1.54, 1.807) is 18.9 Å². The zero-order chi connectivity index (χ0) is 84.9. The van der Waals surface area contributed by atoms with Crippen LogP contribution in [0, 0.1) is 11.3 Å². The molecule has 0 aliphatic carbocycles. The Balaban J connectivity index is 0.000000411. The number of nitrogens with one attached hydrogen (secondary N) is 1. The van der Waals surface area contributed by atoms with E-state index in [1.165, 1.54) is 130 Å². The maximum atomic E-state index is 13.3. The number of ether oxygens (including phenoxy) is 2. The van der Waals surface area contributed by atoms with E-state index in [9.17, 15) is 22.0 Å². The second-order valence-corrected chi connectivity index (χ2v) is 45.6. The fourth-order valence-electron chi connectivity index (χ4n) is 14.6. The maximum absolute atomic E-state index is 13.3. The third-order valence-corrected chi connectivity index (χ3v) is 24.1. The molecule has 12 aliphatic rings. The van der Waals surface area contributed by atoms with Gasteiger partial charge in [-0.2, -0.15) is 0 Å². The molecule has 12 fully saturated rings. The van der Waals surface area contributed by atoms with Crippen LogP contribution < -0.4 is 5.32 Å². The van der Waals surface area contributed by atoms with Crippen LogP contribution in [0.5, 0.6) is 0 Å². The van der Waals surface area contributed by atoms with Crippen molar-refractivity contribution in [3.8, 4) is 0 Å². The number of piperazine rings is 1.